The van der Waals surface area contributed by atoms with Crippen LogP contribution in [0, 0.1) is 0 Å². The molecule has 0 unspecified atom stereocenters. The molecule has 2 N–H and O–H groups in total. The first kappa shape index (κ1) is 12.3. The second-order valence-electron chi connectivity index (χ2n) is 4.24. The number of nitrogens with two attached hydrogens (primary N) is 1. The summed E-state index contributed by atoms with van der Waals surface area (Å²) in [5.74, 6) is 0.909. The van der Waals surface area contributed by atoms with Gasteiger partial charge in [-0.05, 0) is 22.0 Å². The van der Waals surface area contributed by atoms with Gasteiger partial charge >= 0.3 is 0 Å². The van der Waals surface area contributed by atoms with E-state index in [0.29, 0.717) is 13.1 Å². The van der Waals surface area contributed by atoms with Crippen LogP contribution in [0.1, 0.15) is 0 Å². The molecule has 3 aromatic rings. The molecular formula is C14H13BrN4. The number of hydrogen-bond acceptors (Lipinski definition) is 3. The van der Waals surface area contributed by atoms with Crippen molar-refractivity contribution in [2.45, 2.75) is 6.54 Å². The molecule has 0 aliphatic rings. The molecule has 0 radical (unpaired) electrons. The Hall–Kier alpha value is -1.72. The molecule has 5 heteroatoms. The number of rotatable bonds is 3. The molecule has 0 amide bonds. The number of halogens is 1. The Balaban J connectivity index is 2.26. The fraction of sp³-hybridized carbons (Fsp3) is 0.143. The topological polar surface area (TPSA) is 56.7 Å². The molecule has 0 aliphatic carbocycles. The summed E-state index contributed by atoms with van der Waals surface area (Å²) in [7, 11) is 0. The van der Waals surface area contributed by atoms with Crippen LogP contribution in [0.5, 0.6) is 0 Å². The maximum absolute atomic E-state index is 5.70. The summed E-state index contributed by atoms with van der Waals surface area (Å²) in [6, 6.07) is 12.1. The Morgan fingerprint density at radius 3 is 2.74 bits per heavy atom. The van der Waals surface area contributed by atoms with Crippen LogP contribution in [0.2, 0.25) is 0 Å². The average molecular weight is 317 g/mol. The maximum atomic E-state index is 5.70. The second kappa shape index (κ2) is 5.11. The van der Waals surface area contributed by atoms with Gasteiger partial charge in [-0.25, -0.2) is 9.97 Å². The van der Waals surface area contributed by atoms with Crippen LogP contribution in [0.25, 0.3) is 22.6 Å². The van der Waals surface area contributed by atoms with Crippen LogP contribution in [0.3, 0.4) is 0 Å². The van der Waals surface area contributed by atoms with Crippen molar-refractivity contribution < 1.29 is 0 Å². The SMILES string of the molecule is NCCn1c(-c2ccccc2)nc2cc(Br)cnc21. The predicted octanol–water partition coefficient (Wildman–Crippen LogP) is 2.82. The van der Waals surface area contributed by atoms with E-state index in [1.54, 1.807) is 6.20 Å². The van der Waals surface area contributed by atoms with E-state index in [0.717, 1.165) is 27.0 Å². The molecule has 0 spiro atoms. The van der Waals surface area contributed by atoms with E-state index >= 15 is 0 Å². The summed E-state index contributed by atoms with van der Waals surface area (Å²) in [6.07, 6.45) is 1.78. The number of nitrogens with zero attached hydrogens (tertiary/aromatic N) is 3. The number of pyridine rings is 1. The van der Waals surface area contributed by atoms with Gasteiger partial charge in [-0.15, -0.1) is 0 Å². The van der Waals surface area contributed by atoms with Crippen molar-refractivity contribution in [2.75, 3.05) is 6.54 Å². The van der Waals surface area contributed by atoms with Gasteiger partial charge in [-0.2, -0.15) is 0 Å². The lowest BCUT2D eigenvalue weighted by molar-refractivity contribution is 0.729. The van der Waals surface area contributed by atoms with Crippen LogP contribution < -0.4 is 5.73 Å². The highest BCUT2D eigenvalue weighted by atomic mass is 79.9. The summed E-state index contributed by atoms with van der Waals surface area (Å²) < 4.78 is 2.99. The van der Waals surface area contributed by atoms with E-state index < -0.39 is 0 Å². The van der Waals surface area contributed by atoms with E-state index in [1.807, 2.05) is 36.4 Å². The molecule has 19 heavy (non-hydrogen) atoms. The third-order valence-electron chi connectivity index (χ3n) is 2.94. The van der Waals surface area contributed by atoms with Crippen molar-refractivity contribution in [2.24, 2.45) is 5.73 Å². The molecule has 0 bridgehead atoms. The Labute approximate surface area is 119 Å². The smallest absolute Gasteiger partial charge is 0.160 e. The lowest BCUT2D eigenvalue weighted by atomic mass is 10.2. The number of aromatic nitrogens is 3. The molecule has 96 valence electrons. The van der Waals surface area contributed by atoms with Crippen LogP contribution in [0.15, 0.2) is 47.1 Å². The van der Waals surface area contributed by atoms with Gasteiger partial charge in [-0.1, -0.05) is 30.3 Å². The van der Waals surface area contributed by atoms with Crippen molar-refractivity contribution in [3.05, 3.63) is 47.1 Å². The third kappa shape index (κ3) is 2.27. The van der Waals surface area contributed by atoms with Crippen LogP contribution >= 0.6 is 15.9 Å². The lowest BCUT2D eigenvalue weighted by Crippen LogP contribution is -2.11. The zero-order valence-corrected chi connectivity index (χ0v) is 11.8. The standard InChI is InChI=1S/C14H13BrN4/c15-11-8-12-14(17-9-11)19(7-6-16)13(18-12)10-4-2-1-3-5-10/h1-5,8-9H,6-7,16H2. The Morgan fingerprint density at radius 2 is 2.00 bits per heavy atom. The minimum Gasteiger partial charge on any atom is -0.329 e. The molecule has 0 fully saturated rings. The van der Waals surface area contributed by atoms with E-state index in [2.05, 4.69) is 30.5 Å². The van der Waals surface area contributed by atoms with Crippen molar-refractivity contribution in [1.29, 1.82) is 0 Å². The van der Waals surface area contributed by atoms with E-state index in [-0.39, 0.29) is 0 Å². The van der Waals surface area contributed by atoms with Crippen molar-refractivity contribution in [1.82, 2.24) is 14.5 Å². The van der Waals surface area contributed by atoms with Crippen LogP contribution in [-0.4, -0.2) is 21.1 Å². The normalized spacial score (nSPS) is 11.1. The van der Waals surface area contributed by atoms with Crippen molar-refractivity contribution in [3.63, 3.8) is 0 Å². The predicted molar refractivity (Wildman–Crippen MR) is 79.7 cm³/mol. The molecule has 0 aliphatic heterocycles. The Morgan fingerprint density at radius 1 is 1.21 bits per heavy atom. The largest absolute Gasteiger partial charge is 0.329 e. The number of benzene rings is 1. The highest BCUT2D eigenvalue weighted by Crippen LogP contribution is 2.24. The zero-order valence-electron chi connectivity index (χ0n) is 10.3. The molecule has 4 nitrogen and oxygen atoms in total. The fourth-order valence-electron chi connectivity index (χ4n) is 2.13. The molecule has 0 atom stereocenters. The first-order valence-electron chi connectivity index (χ1n) is 6.07. The molecule has 0 saturated carbocycles. The zero-order chi connectivity index (χ0) is 13.2. The van der Waals surface area contributed by atoms with Crippen LogP contribution in [0.4, 0.5) is 0 Å². The van der Waals surface area contributed by atoms with Gasteiger partial charge < -0.3 is 10.3 Å². The van der Waals surface area contributed by atoms with Gasteiger partial charge in [0.2, 0.25) is 0 Å². The third-order valence-corrected chi connectivity index (χ3v) is 3.37. The second-order valence-corrected chi connectivity index (χ2v) is 5.15. The number of fused-ring (bicyclic) bond motifs is 1. The average Bonchev–Trinajstić information content (AvgIpc) is 2.78. The van der Waals surface area contributed by atoms with Crippen LogP contribution in [-0.2, 0) is 6.54 Å². The lowest BCUT2D eigenvalue weighted by Gasteiger charge is -2.06. The van der Waals surface area contributed by atoms with Gasteiger partial charge in [-0.3, -0.25) is 0 Å². The first-order valence-corrected chi connectivity index (χ1v) is 6.86. The highest BCUT2D eigenvalue weighted by Gasteiger charge is 2.13. The van der Waals surface area contributed by atoms with Gasteiger partial charge in [0.15, 0.2) is 5.65 Å². The molecular weight excluding hydrogens is 304 g/mol. The van der Waals surface area contributed by atoms with E-state index in [1.165, 1.54) is 0 Å². The first-order chi connectivity index (χ1) is 9.29. The Kier molecular flexibility index (Phi) is 3.31. The van der Waals surface area contributed by atoms with E-state index in [4.69, 9.17) is 5.73 Å². The minimum atomic E-state index is 0.559. The molecule has 2 heterocycles. The van der Waals surface area contributed by atoms with Gasteiger partial charge in [0.05, 0.1) is 0 Å². The number of imidazole rings is 1. The molecule has 1 aromatic carbocycles. The summed E-state index contributed by atoms with van der Waals surface area (Å²) in [4.78, 5) is 9.12. The number of hydrogen-bond donors (Lipinski definition) is 1. The Bertz CT molecular complexity index is 706. The van der Waals surface area contributed by atoms with Crippen molar-refractivity contribution in [3.8, 4) is 11.4 Å². The summed E-state index contributed by atoms with van der Waals surface area (Å²) in [5, 5.41) is 0. The highest BCUT2D eigenvalue weighted by molar-refractivity contribution is 9.10. The summed E-state index contributed by atoms with van der Waals surface area (Å²) in [5.41, 5.74) is 8.52. The minimum absolute atomic E-state index is 0.559. The summed E-state index contributed by atoms with van der Waals surface area (Å²) in [6.45, 7) is 1.26. The molecule has 2 aromatic heterocycles. The van der Waals surface area contributed by atoms with Gasteiger partial charge in [0, 0.05) is 29.3 Å². The van der Waals surface area contributed by atoms with Crippen molar-refractivity contribution >= 4 is 27.1 Å². The fourth-order valence-corrected chi connectivity index (χ4v) is 2.45. The monoisotopic (exact) mass is 316 g/mol. The van der Waals surface area contributed by atoms with E-state index in [9.17, 15) is 0 Å². The van der Waals surface area contributed by atoms with Gasteiger partial charge in [0.25, 0.3) is 0 Å². The quantitative estimate of drug-likeness (QED) is 0.808. The molecule has 0 saturated heterocycles. The van der Waals surface area contributed by atoms with Gasteiger partial charge in [0.1, 0.15) is 11.3 Å². The molecule has 3 rings (SSSR count). The maximum Gasteiger partial charge on any atom is 0.160 e. The summed E-state index contributed by atoms with van der Waals surface area (Å²) >= 11 is 3.43.